The van der Waals surface area contributed by atoms with Gasteiger partial charge in [-0.15, -0.1) is 0 Å². The monoisotopic (exact) mass is 244 g/mol. The van der Waals surface area contributed by atoms with Crippen LogP contribution in [-0.4, -0.2) is 0 Å². The molecule has 0 fully saturated rings. The van der Waals surface area contributed by atoms with Crippen LogP contribution in [0.25, 0.3) is 16.3 Å². The Hall–Kier alpha value is -2.34. The molecule has 3 aromatic carbocycles. The lowest BCUT2D eigenvalue weighted by molar-refractivity contribution is 1.54. The second kappa shape index (κ2) is 5.11. The number of rotatable bonds is 2. The molecule has 0 bridgehead atoms. The van der Waals surface area contributed by atoms with Crippen LogP contribution in [0.15, 0.2) is 78.9 Å². The maximum Gasteiger partial charge on any atom is -0.0154 e. The minimum atomic E-state index is 1.26. The quantitative estimate of drug-likeness (QED) is 0.574. The van der Waals surface area contributed by atoms with Crippen molar-refractivity contribution in [2.75, 3.05) is 0 Å². The minimum Gasteiger partial charge on any atom is -0.0792 e. The fourth-order valence-corrected chi connectivity index (χ4v) is 2.47. The second-order valence-electron chi connectivity index (χ2n) is 4.63. The zero-order valence-corrected chi connectivity index (χ0v) is 11.0. The van der Waals surface area contributed by atoms with Crippen LogP contribution >= 0.6 is 0 Å². The number of hydrogen-bond donors (Lipinski definition) is 0. The molecule has 0 aromatic heterocycles. The van der Waals surface area contributed by atoms with E-state index in [2.05, 4.69) is 85.8 Å². The Kier molecular flexibility index (Phi) is 3.16. The third-order valence-electron chi connectivity index (χ3n) is 3.43. The van der Waals surface area contributed by atoms with E-state index in [0.717, 1.165) is 0 Å². The summed E-state index contributed by atoms with van der Waals surface area (Å²) in [6.07, 6.45) is 2.18. The Morgan fingerprint density at radius 1 is 0.684 bits per heavy atom. The van der Waals surface area contributed by atoms with Crippen molar-refractivity contribution in [2.45, 2.75) is 6.92 Å². The summed E-state index contributed by atoms with van der Waals surface area (Å²) in [5.41, 5.74) is 3.82. The van der Waals surface area contributed by atoms with E-state index in [0.29, 0.717) is 0 Å². The van der Waals surface area contributed by atoms with Crippen LogP contribution in [0, 0.1) is 0 Å². The van der Waals surface area contributed by atoms with Crippen molar-refractivity contribution in [2.24, 2.45) is 0 Å². The van der Waals surface area contributed by atoms with Gasteiger partial charge in [-0.1, -0.05) is 72.8 Å². The summed E-state index contributed by atoms with van der Waals surface area (Å²) in [5, 5.41) is 2.57. The third kappa shape index (κ3) is 2.30. The summed E-state index contributed by atoms with van der Waals surface area (Å²) in [7, 11) is 0. The molecule has 0 saturated carbocycles. The van der Waals surface area contributed by atoms with E-state index in [1.807, 2.05) is 0 Å². The van der Waals surface area contributed by atoms with Crippen LogP contribution in [0.2, 0.25) is 0 Å². The molecule has 0 amide bonds. The lowest BCUT2D eigenvalue weighted by Gasteiger charge is -2.09. The normalized spacial score (nSPS) is 11.7. The van der Waals surface area contributed by atoms with Crippen molar-refractivity contribution in [3.63, 3.8) is 0 Å². The molecule has 3 aromatic rings. The maximum absolute atomic E-state index is 2.26. The molecule has 0 aliphatic rings. The molecule has 0 heterocycles. The lowest BCUT2D eigenvalue weighted by atomic mass is 9.95. The molecular weight excluding hydrogens is 228 g/mol. The van der Waals surface area contributed by atoms with E-state index in [9.17, 15) is 0 Å². The SMILES string of the molecule is CC=C(c1ccccc1)c1ccc2ccccc2c1. The summed E-state index contributed by atoms with van der Waals surface area (Å²) in [5.74, 6) is 0. The Morgan fingerprint density at radius 2 is 1.37 bits per heavy atom. The number of fused-ring (bicyclic) bond motifs is 1. The van der Waals surface area contributed by atoms with Gasteiger partial charge in [-0.05, 0) is 40.5 Å². The van der Waals surface area contributed by atoms with Gasteiger partial charge in [-0.2, -0.15) is 0 Å². The molecule has 0 atom stereocenters. The summed E-state index contributed by atoms with van der Waals surface area (Å²) >= 11 is 0. The summed E-state index contributed by atoms with van der Waals surface area (Å²) in [4.78, 5) is 0. The van der Waals surface area contributed by atoms with E-state index in [1.54, 1.807) is 0 Å². The van der Waals surface area contributed by atoms with Gasteiger partial charge in [0.2, 0.25) is 0 Å². The fourth-order valence-electron chi connectivity index (χ4n) is 2.47. The Morgan fingerprint density at radius 3 is 2.11 bits per heavy atom. The maximum atomic E-state index is 2.26. The van der Waals surface area contributed by atoms with E-state index in [1.165, 1.54) is 27.5 Å². The van der Waals surface area contributed by atoms with Gasteiger partial charge < -0.3 is 0 Å². The molecule has 0 saturated heterocycles. The number of benzene rings is 3. The summed E-state index contributed by atoms with van der Waals surface area (Å²) in [6.45, 7) is 2.09. The molecule has 0 aliphatic heterocycles. The topological polar surface area (TPSA) is 0 Å². The highest BCUT2D eigenvalue weighted by atomic mass is 14.1. The summed E-state index contributed by atoms with van der Waals surface area (Å²) < 4.78 is 0. The Balaban J connectivity index is 2.12. The van der Waals surface area contributed by atoms with E-state index >= 15 is 0 Å². The highest BCUT2D eigenvalue weighted by Gasteiger charge is 2.04. The number of allylic oxidation sites excluding steroid dienone is 1. The predicted molar refractivity (Wildman–Crippen MR) is 83.1 cm³/mol. The second-order valence-corrected chi connectivity index (χ2v) is 4.63. The molecule has 0 aliphatic carbocycles. The molecular formula is C19H16. The van der Waals surface area contributed by atoms with Gasteiger partial charge in [-0.3, -0.25) is 0 Å². The zero-order chi connectivity index (χ0) is 13.1. The van der Waals surface area contributed by atoms with Crippen LogP contribution in [0.1, 0.15) is 18.1 Å². The highest BCUT2D eigenvalue weighted by molar-refractivity contribution is 5.89. The molecule has 0 N–H and O–H groups in total. The first-order chi connectivity index (χ1) is 9.38. The number of hydrogen-bond acceptors (Lipinski definition) is 0. The molecule has 0 heteroatoms. The smallest absolute Gasteiger partial charge is 0.0154 e. The minimum absolute atomic E-state index is 1.26. The van der Waals surface area contributed by atoms with Crippen molar-refractivity contribution >= 4 is 16.3 Å². The largest absolute Gasteiger partial charge is 0.0792 e. The fraction of sp³-hybridized carbons (Fsp3) is 0.0526. The average molecular weight is 244 g/mol. The first-order valence-electron chi connectivity index (χ1n) is 6.59. The first-order valence-corrected chi connectivity index (χ1v) is 6.59. The van der Waals surface area contributed by atoms with Crippen LogP contribution in [0.3, 0.4) is 0 Å². The Bertz CT molecular complexity index is 721. The van der Waals surface area contributed by atoms with Crippen molar-refractivity contribution in [3.05, 3.63) is 90.0 Å². The van der Waals surface area contributed by atoms with Crippen molar-refractivity contribution in [3.8, 4) is 0 Å². The molecule has 92 valence electrons. The summed E-state index contributed by atoms with van der Waals surface area (Å²) in [6, 6.07) is 25.7. The van der Waals surface area contributed by atoms with E-state index in [4.69, 9.17) is 0 Å². The lowest BCUT2D eigenvalue weighted by Crippen LogP contribution is -1.87. The molecule has 0 radical (unpaired) electrons. The molecule has 0 nitrogen and oxygen atoms in total. The van der Waals surface area contributed by atoms with Gasteiger partial charge in [0.25, 0.3) is 0 Å². The van der Waals surface area contributed by atoms with Crippen molar-refractivity contribution in [1.82, 2.24) is 0 Å². The molecule has 0 unspecified atom stereocenters. The van der Waals surface area contributed by atoms with Crippen LogP contribution in [0.4, 0.5) is 0 Å². The zero-order valence-electron chi connectivity index (χ0n) is 11.0. The van der Waals surface area contributed by atoms with Gasteiger partial charge >= 0.3 is 0 Å². The predicted octanol–water partition coefficient (Wildman–Crippen LogP) is 5.29. The van der Waals surface area contributed by atoms with Crippen molar-refractivity contribution in [1.29, 1.82) is 0 Å². The van der Waals surface area contributed by atoms with Crippen LogP contribution in [-0.2, 0) is 0 Å². The molecule has 19 heavy (non-hydrogen) atoms. The van der Waals surface area contributed by atoms with E-state index < -0.39 is 0 Å². The van der Waals surface area contributed by atoms with Crippen molar-refractivity contribution < 1.29 is 0 Å². The van der Waals surface area contributed by atoms with Gasteiger partial charge in [0, 0.05) is 0 Å². The molecule has 0 spiro atoms. The van der Waals surface area contributed by atoms with Crippen LogP contribution < -0.4 is 0 Å². The van der Waals surface area contributed by atoms with Crippen LogP contribution in [0.5, 0.6) is 0 Å². The van der Waals surface area contributed by atoms with E-state index in [-0.39, 0.29) is 0 Å². The van der Waals surface area contributed by atoms with Gasteiger partial charge in [0.1, 0.15) is 0 Å². The Labute approximate surface area is 114 Å². The third-order valence-corrected chi connectivity index (χ3v) is 3.43. The molecule has 3 rings (SSSR count). The standard InChI is InChI=1S/C19H16/c1-2-19(16-9-4-3-5-10-16)18-13-12-15-8-6-7-11-17(15)14-18/h2-14H,1H3. The highest BCUT2D eigenvalue weighted by Crippen LogP contribution is 2.26. The average Bonchev–Trinajstić information content (AvgIpc) is 2.49. The van der Waals surface area contributed by atoms with Gasteiger partial charge in [0.15, 0.2) is 0 Å². The van der Waals surface area contributed by atoms with Gasteiger partial charge in [0.05, 0.1) is 0 Å². The van der Waals surface area contributed by atoms with Gasteiger partial charge in [-0.25, -0.2) is 0 Å². The first kappa shape index (κ1) is 11.7.